The van der Waals surface area contributed by atoms with Gasteiger partial charge in [0, 0.05) is 30.9 Å². The number of benzene rings is 1. The highest BCUT2D eigenvalue weighted by atomic mass is 16.7. The Hall–Kier alpha value is -2.60. The van der Waals surface area contributed by atoms with Gasteiger partial charge in [0.05, 0.1) is 12.5 Å². The van der Waals surface area contributed by atoms with Crippen molar-refractivity contribution in [2.75, 3.05) is 19.9 Å². The van der Waals surface area contributed by atoms with E-state index in [2.05, 4.69) is 4.98 Å². The van der Waals surface area contributed by atoms with E-state index >= 15 is 0 Å². The second-order valence-corrected chi connectivity index (χ2v) is 6.52. The summed E-state index contributed by atoms with van der Waals surface area (Å²) in [6.45, 7) is 1.16. The topological polar surface area (TPSA) is 71.9 Å². The number of likely N-dealkylation sites (tertiary alicyclic amines) is 1. The monoisotopic (exact) mass is 340 g/mol. The lowest BCUT2D eigenvalue weighted by atomic mass is 10.00. The van der Waals surface area contributed by atoms with E-state index in [4.69, 9.17) is 9.47 Å². The molecule has 1 amide bonds. The average molecular weight is 340 g/mol. The molecular formula is C19H20N2O4. The van der Waals surface area contributed by atoms with Crippen molar-refractivity contribution in [3.63, 3.8) is 0 Å². The normalized spacial score (nSPS) is 21.6. The molecule has 0 unspecified atom stereocenters. The number of nitrogens with zero attached hydrogens (tertiary/aromatic N) is 2. The van der Waals surface area contributed by atoms with Crippen LogP contribution >= 0.6 is 0 Å². The first-order chi connectivity index (χ1) is 12.2. The fraction of sp³-hybridized carbons (Fsp3) is 0.368. The van der Waals surface area contributed by atoms with Gasteiger partial charge in [-0.15, -0.1) is 0 Å². The number of aliphatic hydroxyl groups excluding tert-OH is 1. The van der Waals surface area contributed by atoms with Crippen LogP contribution in [0.1, 0.15) is 11.3 Å². The van der Waals surface area contributed by atoms with Gasteiger partial charge in [-0.3, -0.25) is 9.78 Å². The maximum absolute atomic E-state index is 12.6. The molecule has 130 valence electrons. The molecule has 1 saturated heterocycles. The summed E-state index contributed by atoms with van der Waals surface area (Å²) >= 11 is 0. The number of pyridine rings is 1. The van der Waals surface area contributed by atoms with Gasteiger partial charge >= 0.3 is 0 Å². The molecule has 6 heteroatoms. The minimum absolute atomic E-state index is 0.0152. The summed E-state index contributed by atoms with van der Waals surface area (Å²) in [6, 6.07) is 11.3. The van der Waals surface area contributed by atoms with Gasteiger partial charge in [0.1, 0.15) is 0 Å². The first-order valence-corrected chi connectivity index (χ1v) is 8.43. The number of fused-ring (bicyclic) bond motifs is 1. The Morgan fingerprint density at radius 3 is 2.92 bits per heavy atom. The standard InChI is InChI=1S/C19H20N2O4/c22-16-11-21(10-14(16)9-15-3-1-2-6-20-15)19(23)8-13-4-5-17-18(7-13)25-12-24-17/h1-7,14,16,22H,8-12H2/t14-,16-/m1/s1. The number of aromatic nitrogens is 1. The summed E-state index contributed by atoms with van der Waals surface area (Å²) in [5, 5.41) is 10.3. The number of rotatable bonds is 4. The van der Waals surface area contributed by atoms with Crippen LogP contribution in [0.15, 0.2) is 42.6 Å². The Kier molecular flexibility index (Phi) is 4.28. The number of carbonyl (C=O) groups is 1. The quantitative estimate of drug-likeness (QED) is 0.911. The van der Waals surface area contributed by atoms with Gasteiger partial charge in [-0.05, 0) is 36.2 Å². The van der Waals surface area contributed by atoms with Crippen LogP contribution in [-0.4, -0.2) is 46.9 Å². The Morgan fingerprint density at radius 1 is 1.20 bits per heavy atom. The zero-order chi connectivity index (χ0) is 17.2. The van der Waals surface area contributed by atoms with E-state index in [0.29, 0.717) is 37.4 Å². The van der Waals surface area contributed by atoms with Gasteiger partial charge in [-0.25, -0.2) is 0 Å². The minimum Gasteiger partial charge on any atom is -0.454 e. The zero-order valence-corrected chi connectivity index (χ0v) is 13.8. The fourth-order valence-corrected chi connectivity index (χ4v) is 3.38. The van der Waals surface area contributed by atoms with Gasteiger partial charge in [0.2, 0.25) is 12.7 Å². The van der Waals surface area contributed by atoms with Crippen molar-refractivity contribution >= 4 is 5.91 Å². The Labute approximate surface area is 146 Å². The van der Waals surface area contributed by atoms with Crippen LogP contribution in [0.4, 0.5) is 0 Å². The third-order valence-corrected chi connectivity index (χ3v) is 4.75. The van der Waals surface area contributed by atoms with Crippen molar-refractivity contribution in [3.05, 3.63) is 53.9 Å². The van der Waals surface area contributed by atoms with E-state index < -0.39 is 6.10 Å². The largest absolute Gasteiger partial charge is 0.454 e. The summed E-state index contributed by atoms with van der Waals surface area (Å²) in [7, 11) is 0. The summed E-state index contributed by atoms with van der Waals surface area (Å²) in [5.41, 5.74) is 1.83. The lowest BCUT2D eigenvalue weighted by Crippen LogP contribution is -2.31. The van der Waals surface area contributed by atoms with Crippen molar-refractivity contribution in [2.45, 2.75) is 18.9 Å². The number of amides is 1. The van der Waals surface area contributed by atoms with E-state index in [1.54, 1.807) is 11.1 Å². The summed E-state index contributed by atoms with van der Waals surface area (Å²) in [5.74, 6) is 1.43. The molecule has 0 radical (unpaired) electrons. The van der Waals surface area contributed by atoms with Crippen LogP contribution in [0.3, 0.4) is 0 Å². The third-order valence-electron chi connectivity index (χ3n) is 4.75. The van der Waals surface area contributed by atoms with E-state index in [-0.39, 0.29) is 18.6 Å². The maximum Gasteiger partial charge on any atom is 0.231 e. The van der Waals surface area contributed by atoms with Crippen molar-refractivity contribution in [3.8, 4) is 11.5 Å². The average Bonchev–Trinajstić information content (AvgIpc) is 3.22. The van der Waals surface area contributed by atoms with Gasteiger partial charge in [-0.2, -0.15) is 0 Å². The van der Waals surface area contributed by atoms with Crippen molar-refractivity contribution in [1.29, 1.82) is 0 Å². The summed E-state index contributed by atoms with van der Waals surface area (Å²) in [6.07, 6.45) is 2.21. The highest BCUT2D eigenvalue weighted by Crippen LogP contribution is 2.33. The molecule has 25 heavy (non-hydrogen) atoms. The molecule has 2 aromatic rings. The number of hydrogen-bond acceptors (Lipinski definition) is 5. The Bertz CT molecular complexity index is 765. The lowest BCUT2D eigenvalue weighted by molar-refractivity contribution is -0.129. The number of hydrogen-bond donors (Lipinski definition) is 1. The molecule has 1 N–H and O–H groups in total. The van der Waals surface area contributed by atoms with Gasteiger partial charge in [0.25, 0.3) is 0 Å². The molecule has 2 atom stereocenters. The maximum atomic E-state index is 12.6. The van der Waals surface area contributed by atoms with Gasteiger partial charge in [-0.1, -0.05) is 12.1 Å². The zero-order valence-electron chi connectivity index (χ0n) is 13.8. The van der Waals surface area contributed by atoms with Crippen LogP contribution in [0.2, 0.25) is 0 Å². The molecule has 0 saturated carbocycles. The molecular weight excluding hydrogens is 320 g/mol. The molecule has 0 aliphatic carbocycles. The molecule has 3 heterocycles. The van der Waals surface area contributed by atoms with Gasteiger partial charge in [0.15, 0.2) is 11.5 Å². The molecule has 0 spiro atoms. The second kappa shape index (κ2) is 6.72. The van der Waals surface area contributed by atoms with Crippen LogP contribution in [-0.2, 0) is 17.6 Å². The lowest BCUT2D eigenvalue weighted by Gasteiger charge is -2.16. The first kappa shape index (κ1) is 15.9. The predicted octanol–water partition coefficient (Wildman–Crippen LogP) is 1.41. The highest BCUT2D eigenvalue weighted by Gasteiger charge is 2.34. The second-order valence-electron chi connectivity index (χ2n) is 6.52. The highest BCUT2D eigenvalue weighted by molar-refractivity contribution is 5.79. The Morgan fingerprint density at radius 2 is 2.08 bits per heavy atom. The molecule has 4 rings (SSSR count). The van der Waals surface area contributed by atoms with Gasteiger partial charge < -0.3 is 19.5 Å². The molecule has 6 nitrogen and oxygen atoms in total. The van der Waals surface area contributed by atoms with E-state index in [1.165, 1.54) is 0 Å². The van der Waals surface area contributed by atoms with Crippen LogP contribution in [0.5, 0.6) is 11.5 Å². The molecule has 0 bridgehead atoms. The van der Waals surface area contributed by atoms with Crippen LogP contribution in [0, 0.1) is 5.92 Å². The number of carbonyl (C=O) groups excluding carboxylic acids is 1. The predicted molar refractivity (Wildman–Crippen MR) is 90.3 cm³/mol. The summed E-state index contributed by atoms with van der Waals surface area (Å²) < 4.78 is 10.6. The smallest absolute Gasteiger partial charge is 0.231 e. The first-order valence-electron chi connectivity index (χ1n) is 8.43. The van der Waals surface area contributed by atoms with E-state index in [0.717, 1.165) is 11.3 Å². The third kappa shape index (κ3) is 3.44. The fourth-order valence-electron chi connectivity index (χ4n) is 3.38. The van der Waals surface area contributed by atoms with Crippen molar-refractivity contribution in [1.82, 2.24) is 9.88 Å². The van der Waals surface area contributed by atoms with Crippen molar-refractivity contribution < 1.29 is 19.4 Å². The minimum atomic E-state index is -0.511. The van der Waals surface area contributed by atoms with Crippen LogP contribution in [0.25, 0.3) is 0 Å². The number of aliphatic hydroxyl groups is 1. The van der Waals surface area contributed by atoms with Crippen LogP contribution < -0.4 is 9.47 Å². The van der Waals surface area contributed by atoms with E-state index in [9.17, 15) is 9.90 Å². The number of ether oxygens (including phenoxy) is 2. The summed E-state index contributed by atoms with van der Waals surface area (Å²) in [4.78, 5) is 18.6. The van der Waals surface area contributed by atoms with Crippen molar-refractivity contribution in [2.24, 2.45) is 5.92 Å². The molecule has 2 aliphatic heterocycles. The SMILES string of the molecule is O=C(Cc1ccc2c(c1)OCO2)N1C[C@@H](Cc2ccccn2)[C@H](O)C1. The number of β-amino-alcohol motifs (C(OH)–C–C–N with tert-alkyl or cyclic N) is 1. The van der Waals surface area contributed by atoms with E-state index in [1.807, 2.05) is 36.4 Å². The molecule has 1 fully saturated rings. The molecule has 1 aromatic heterocycles. The Balaban J connectivity index is 1.38. The molecule has 1 aromatic carbocycles. The molecule has 2 aliphatic rings.